The molecule has 0 radical (unpaired) electrons. The summed E-state index contributed by atoms with van der Waals surface area (Å²) in [5, 5.41) is 16.3. The van der Waals surface area contributed by atoms with Crippen LogP contribution in [0.5, 0.6) is 0 Å². The summed E-state index contributed by atoms with van der Waals surface area (Å²) in [6.45, 7) is 5.59. The average Bonchev–Trinajstić information content (AvgIpc) is 3.29. The third-order valence-electron chi connectivity index (χ3n) is 5.25. The minimum Gasteiger partial charge on any atom is -0.467 e. The third-order valence-corrected chi connectivity index (χ3v) is 5.25. The quantitative estimate of drug-likeness (QED) is 0.315. The zero-order valence-corrected chi connectivity index (χ0v) is 17.8. The topological polar surface area (TPSA) is 82.3 Å². The summed E-state index contributed by atoms with van der Waals surface area (Å²) in [6.07, 6.45) is 4.19. The number of guanidine groups is 1. The zero-order chi connectivity index (χ0) is 21.0. The van der Waals surface area contributed by atoms with Crippen molar-refractivity contribution in [3.05, 3.63) is 59.5 Å². The van der Waals surface area contributed by atoms with Crippen LogP contribution >= 0.6 is 0 Å². The number of ether oxygens (including phenoxy) is 1. The second-order valence-electron chi connectivity index (χ2n) is 7.66. The molecule has 0 amide bonds. The van der Waals surface area contributed by atoms with Gasteiger partial charge in [-0.05, 0) is 42.5 Å². The second kappa shape index (κ2) is 12.4. The molecule has 1 aliphatic rings. The highest BCUT2D eigenvalue weighted by Crippen LogP contribution is 2.14. The number of likely N-dealkylation sites (tertiary alicyclic amines) is 1. The second-order valence-corrected chi connectivity index (χ2v) is 7.66. The summed E-state index contributed by atoms with van der Waals surface area (Å²) < 4.78 is 10.8. The van der Waals surface area contributed by atoms with Crippen LogP contribution in [0.25, 0.3) is 0 Å². The molecule has 0 unspecified atom stereocenters. The van der Waals surface area contributed by atoms with Crippen molar-refractivity contribution < 1.29 is 14.3 Å². The van der Waals surface area contributed by atoms with Crippen LogP contribution in [0.3, 0.4) is 0 Å². The largest absolute Gasteiger partial charge is 0.467 e. The molecule has 3 N–H and O–H groups in total. The van der Waals surface area contributed by atoms with Crippen molar-refractivity contribution in [3.8, 4) is 0 Å². The van der Waals surface area contributed by atoms with E-state index in [1.54, 1.807) is 13.3 Å². The molecule has 2 aromatic rings. The van der Waals surface area contributed by atoms with E-state index in [9.17, 15) is 5.11 Å². The maximum atomic E-state index is 9.62. The SMILES string of the molecule is CN=C(NCCCOCc1ccco1)NCc1ccc(CN2CCC(O)CC2)cc1. The molecule has 1 fully saturated rings. The first-order chi connectivity index (χ1) is 14.7. The Bertz CT molecular complexity index is 738. The van der Waals surface area contributed by atoms with Crippen molar-refractivity contribution >= 4 is 5.96 Å². The van der Waals surface area contributed by atoms with Crippen LogP contribution < -0.4 is 10.6 Å². The van der Waals surface area contributed by atoms with Crippen LogP contribution in [-0.2, 0) is 24.4 Å². The van der Waals surface area contributed by atoms with Gasteiger partial charge < -0.3 is 24.9 Å². The number of aliphatic hydroxyl groups excluding tert-OH is 1. The Labute approximate surface area is 179 Å². The maximum Gasteiger partial charge on any atom is 0.191 e. The monoisotopic (exact) mass is 414 g/mol. The van der Waals surface area contributed by atoms with Crippen LogP contribution in [0, 0.1) is 0 Å². The Balaban J connectivity index is 1.29. The van der Waals surface area contributed by atoms with E-state index in [1.807, 2.05) is 12.1 Å². The molecular formula is C23H34N4O3. The van der Waals surface area contributed by atoms with Crippen LogP contribution in [0.2, 0.25) is 0 Å². The Morgan fingerprint density at radius 2 is 1.93 bits per heavy atom. The van der Waals surface area contributed by atoms with Crippen molar-refractivity contribution in [1.29, 1.82) is 0 Å². The fourth-order valence-electron chi connectivity index (χ4n) is 3.45. The lowest BCUT2D eigenvalue weighted by molar-refractivity contribution is 0.0792. The van der Waals surface area contributed by atoms with Gasteiger partial charge in [-0.15, -0.1) is 0 Å². The molecule has 1 aliphatic heterocycles. The van der Waals surface area contributed by atoms with E-state index in [0.29, 0.717) is 13.2 Å². The molecule has 7 nitrogen and oxygen atoms in total. The molecule has 1 aromatic carbocycles. The fraction of sp³-hybridized carbons (Fsp3) is 0.522. The number of nitrogens with one attached hydrogen (secondary N) is 2. The highest BCUT2D eigenvalue weighted by atomic mass is 16.5. The number of hydrogen-bond acceptors (Lipinski definition) is 5. The molecule has 2 heterocycles. The summed E-state index contributed by atoms with van der Waals surface area (Å²) in [5.41, 5.74) is 2.53. The van der Waals surface area contributed by atoms with Crippen LogP contribution in [0.4, 0.5) is 0 Å². The third kappa shape index (κ3) is 7.82. The fourth-order valence-corrected chi connectivity index (χ4v) is 3.45. The Hall–Kier alpha value is -2.35. The lowest BCUT2D eigenvalue weighted by Gasteiger charge is -2.29. The van der Waals surface area contributed by atoms with Gasteiger partial charge in [0.15, 0.2) is 5.96 Å². The summed E-state index contributed by atoms with van der Waals surface area (Å²) in [5.74, 6) is 1.64. The number of piperidine rings is 1. The van der Waals surface area contributed by atoms with Crippen LogP contribution in [0.1, 0.15) is 36.1 Å². The molecule has 30 heavy (non-hydrogen) atoms. The summed E-state index contributed by atoms with van der Waals surface area (Å²) in [4.78, 5) is 6.68. The highest BCUT2D eigenvalue weighted by molar-refractivity contribution is 5.79. The lowest BCUT2D eigenvalue weighted by Crippen LogP contribution is -2.37. The first kappa shape index (κ1) is 22.3. The van der Waals surface area contributed by atoms with E-state index < -0.39 is 0 Å². The normalized spacial score (nSPS) is 16.0. The first-order valence-corrected chi connectivity index (χ1v) is 10.8. The highest BCUT2D eigenvalue weighted by Gasteiger charge is 2.16. The number of furan rings is 1. The van der Waals surface area contributed by atoms with E-state index in [-0.39, 0.29) is 6.10 Å². The average molecular weight is 415 g/mol. The number of nitrogens with zero attached hydrogens (tertiary/aromatic N) is 2. The van der Waals surface area contributed by atoms with Gasteiger partial charge in [0, 0.05) is 46.4 Å². The van der Waals surface area contributed by atoms with E-state index in [4.69, 9.17) is 9.15 Å². The van der Waals surface area contributed by atoms with Crippen molar-refractivity contribution in [2.45, 2.75) is 45.1 Å². The smallest absolute Gasteiger partial charge is 0.191 e. The first-order valence-electron chi connectivity index (χ1n) is 10.8. The van der Waals surface area contributed by atoms with Crippen molar-refractivity contribution in [2.75, 3.05) is 33.3 Å². The van der Waals surface area contributed by atoms with Gasteiger partial charge in [-0.1, -0.05) is 24.3 Å². The predicted octanol–water partition coefficient (Wildman–Crippen LogP) is 2.51. The molecule has 0 bridgehead atoms. The summed E-state index contributed by atoms with van der Waals surface area (Å²) in [7, 11) is 1.78. The molecule has 7 heteroatoms. The zero-order valence-electron chi connectivity index (χ0n) is 17.8. The van der Waals surface area contributed by atoms with Crippen molar-refractivity contribution in [2.24, 2.45) is 4.99 Å². The minimum absolute atomic E-state index is 0.119. The number of aliphatic hydroxyl groups is 1. The van der Waals surface area contributed by atoms with Gasteiger partial charge in [-0.3, -0.25) is 9.89 Å². The summed E-state index contributed by atoms with van der Waals surface area (Å²) >= 11 is 0. The molecule has 164 valence electrons. The lowest BCUT2D eigenvalue weighted by atomic mass is 10.1. The van der Waals surface area contributed by atoms with E-state index >= 15 is 0 Å². The maximum absolute atomic E-state index is 9.62. The standard InChI is InChI=1S/C23H34N4O3/c1-24-23(25-11-3-14-29-18-22-4-2-15-30-22)26-16-19-5-7-20(8-6-19)17-27-12-9-21(28)10-13-27/h2,4-8,15,21,28H,3,9-14,16-18H2,1H3,(H2,24,25,26). The summed E-state index contributed by atoms with van der Waals surface area (Å²) in [6, 6.07) is 12.5. The van der Waals surface area contributed by atoms with Gasteiger partial charge in [0.1, 0.15) is 12.4 Å². The van der Waals surface area contributed by atoms with E-state index in [0.717, 1.165) is 63.7 Å². The van der Waals surface area contributed by atoms with Gasteiger partial charge in [-0.2, -0.15) is 0 Å². The Morgan fingerprint density at radius 1 is 1.17 bits per heavy atom. The molecule has 0 spiro atoms. The van der Waals surface area contributed by atoms with Crippen molar-refractivity contribution in [3.63, 3.8) is 0 Å². The number of benzene rings is 1. The molecule has 0 aliphatic carbocycles. The van der Waals surface area contributed by atoms with Gasteiger partial charge in [0.25, 0.3) is 0 Å². The van der Waals surface area contributed by atoms with Gasteiger partial charge >= 0.3 is 0 Å². The van der Waals surface area contributed by atoms with Gasteiger partial charge in [0.05, 0.1) is 12.4 Å². The molecular weight excluding hydrogens is 380 g/mol. The Morgan fingerprint density at radius 3 is 2.63 bits per heavy atom. The predicted molar refractivity (Wildman–Crippen MR) is 118 cm³/mol. The number of aliphatic imine (C=N–C) groups is 1. The Kier molecular flexibility index (Phi) is 9.21. The molecule has 0 atom stereocenters. The molecule has 1 saturated heterocycles. The molecule has 3 rings (SSSR count). The molecule has 0 saturated carbocycles. The van der Waals surface area contributed by atoms with E-state index in [1.165, 1.54) is 11.1 Å². The number of hydrogen-bond donors (Lipinski definition) is 3. The molecule has 1 aromatic heterocycles. The minimum atomic E-state index is -0.119. The van der Waals surface area contributed by atoms with Gasteiger partial charge in [-0.25, -0.2) is 0 Å². The van der Waals surface area contributed by atoms with Crippen LogP contribution in [-0.4, -0.2) is 55.4 Å². The van der Waals surface area contributed by atoms with Gasteiger partial charge in [0.2, 0.25) is 0 Å². The number of rotatable bonds is 10. The van der Waals surface area contributed by atoms with Crippen molar-refractivity contribution in [1.82, 2.24) is 15.5 Å². The van der Waals surface area contributed by atoms with E-state index in [2.05, 4.69) is 44.8 Å². The van der Waals surface area contributed by atoms with Crippen LogP contribution in [0.15, 0.2) is 52.1 Å².